The molecule has 0 aliphatic heterocycles. The Morgan fingerprint density at radius 1 is 1.45 bits per heavy atom. The van der Waals surface area contributed by atoms with Crippen LogP contribution in [0.2, 0.25) is 0 Å². The molecule has 8 heteroatoms. The molecule has 2 aromatic rings. The molecule has 0 saturated heterocycles. The van der Waals surface area contributed by atoms with E-state index in [1.54, 1.807) is 18.5 Å². The van der Waals surface area contributed by atoms with E-state index in [0.717, 1.165) is 4.88 Å². The van der Waals surface area contributed by atoms with Gasteiger partial charge in [0, 0.05) is 18.0 Å². The number of nitrogens with one attached hydrogen (secondary N) is 1. The maximum absolute atomic E-state index is 12.4. The Labute approximate surface area is 122 Å². The average Bonchev–Trinajstić information content (AvgIpc) is 2.97. The Kier molecular flexibility index (Phi) is 4.59. The van der Waals surface area contributed by atoms with E-state index < -0.39 is 10.0 Å². The standard InChI is InChI=1S/C12H18N4O2S2/c1-9-12(10(2)16(15-9)6-5-13)20(17,18)14-8-11-4-3-7-19-11/h3-4,7,14H,5-6,8,13H2,1-2H3. The molecule has 0 aliphatic rings. The first-order valence-electron chi connectivity index (χ1n) is 6.22. The number of sulfonamides is 1. The van der Waals surface area contributed by atoms with Crippen molar-refractivity contribution in [1.82, 2.24) is 14.5 Å². The highest BCUT2D eigenvalue weighted by molar-refractivity contribution is 7.89. The highest BCUT2D eigenvalue weighted by atomic mass is 32.2. The molecule has 0 amide bonds. The van der Waals surface area contributed by atoms with Gasteiger partial charge in [0.15, 0.2) is 0 Å². The van der Waals surface area contributed by atoms with Gasteiger partial charge in [0.2, 0.25) is 10.0 Å². The van der Waals surface area contributed by atoms with Crippen LogP contribution in [0.5, 0.6) is 0 Å². The van der Waals surface area contributed by atoms with Gasteiger partial charge in [-0.1, -0.05) is 6.07 Å². The fourth-order valence-electron chi connectivity index (χ4n) is 2.06. The molecule has 110 valence electrons. The molecule has 0 unspecified atom stereocenters. The number of aryl methyl sites for hydroxylation is 1. The molecular formula is C12H18N4O2S2. The fourth-order valence-corrected chi connectivity index (χ4v) is 4.21. The van der Waals surface area contributed by atoms with Crippen molar-refractivity contribution in [3.8, 4) is 0 Å². The number of thiophene rings is 1. The van der Waals surface area contributed by atoms with Crippen molar-refractivity contribution in [2.45, 2.75) is 31.8 Å². The molecule has 2 heterocycles. The van der Waals surface area contributed by atoms with Crippen LogP contribution in [0, 0.1) is 13.8 Å². The highest BCUT2D eigenvalue weighted by Gasteiger charge is 2.24. The van der Waals surface area contributed by atoms with Crippen molar-refractivity contribution in [3.05, 3.63) is 33.8 Å². The Bertz CT molecular complexity index is 675. The third-order valence-corrected chi connectivity index (χ3v) is 5.47. The van der Waals surface area contributed by atoms with Crippen LogP contribution in [0.4, 0.5) is 0 Å². The van der Waals surface area contributed by atoms with E-state index in [4.69, 9.17) is 5.73 Å². The minimum absolute atomic E-state index is 0.252. The molecule has 2 aromatic heterocycles. The van der Waals surface area contributed by atoms with E-state index in [-0.39, 0.29) is 4.90 Å². The van der Waals surface area contributed by atoms with Crippen LogP contribution in [0.25, 0.3) is 0 Å². The second-order valence-corrected chi connectivity index (χ2v) is 7.15. The Hall–Kier alpha value is -1.22. The number of hydrogen-bond acceptors (Lipinski definition) is 5. The second-order valence-electron chi connectivity index (χ2n) is 4.42. The lowest BCUT2D eigenvalue weighted by molar-refractivity contribution is 0.577. The lowest BCUT2D eigenvalue weighted by atomic mass is 10.4. The third-order valence-electron chi connectivity index (χ3n) is 2.94. The van der Waals surface area contributed by atoms with Crippen LogP contribution in [-0.4, -0.2) is 24.7 Å². The summed E-state index contributed by atoms with van der Waals surface area (Å²) < 4.78 is 29.0. The molecule has 3 N–H and O–H groups in total. The Balaban J connectivity index is 2.25. The zero-order valence-electron chi connectivity index (χ0n) is 11.5. The molecule has 0 saturated carbocycles. The molecular weight excluding hydrogens is 296 g/mol. The van der Waals surface area contributed by atoms with Crippen molar-refractivity contribution in [2.75, 3.05) is 6.54 Å². The zero-order valence-corrected chi connectivity index (χ0v) is 13.1. The van der Waals surface area contributed by atoms with E-state index in [0.29, 0.717) is 31.0 Å². The molecule has 0 radical (unpaired) electrons. The fraction of sp³-hybridized carbons (Fsp3) is 0.417. The third kappa shape index (κ3) is 3.09. The van der Waals surface area contributed by atoms with Crippen LogP contribution in [0.3, 0.4) is 0 Å². The predicted octanol–water partition coefficient (Wildman–Crippen LogP) is 0.999. The molecule has 0 atom stereocenters. The van der Waals surface area contributed by atoms with Crippen LogP contribution in [0.1, 0.15) is 16.3 Å². The van der Waals surface area contributed by atoms with Crippen LogP contribution >= 0.6 is 11.3 Å². The van der Waals surface area contributed by atoms with Crippen molar-refractivity contribution < 1.29 is 8.42 Å². The predicted molar refractivity (Wildman–Crippen MR) is 79.1 cm³/mol. The van der Waals surface area contributed by atoms with Crippen molar-refractivity contribution in [3.63, 3.8) is 0 Å². The average molecular weight is 314 g/mol. The minimum Gasteiger partial charge on any atom is -0.329 e. The molecule has 6 nitrogen and oxygen atoms in total. The number of nitrogens with zero attached hydrogens (tertiary/aromatic N) is 2. The summed E-state index contributed by atoms with van der Waals surface area (Å²) in [4.78, 5) is 1.22. The topological polar surface area (TPSA) is 90.0 Å². The SMILES string of the molecule is Cc1nn(CCN)c(C)c1S(=O)(=O)NCc1cccs1. The molecule has 0 spiro atoms. The molecule has 0 fully saturated rings. The van der Waals surface area contributed by atoms with Gasteiger partial charge in [-0.25, -0.2) is 13.1 Å². The summed E-state index contributed by atoms with van der Waals surface area (Å²) >= 11 is 1.52. The lowest BCUT2D eigenvalue weighted by Gasteiger charge is -2.07. The van der Waals surface area contributed by atoms with Crippen LogP contribution < -0.4 is 10.5 Å². The molecule has 0 bridgehead atoms. The lowest BCUT2D eigenvalue weighted by Crippen LogP contribution is -2.24. The number of aromatic nitrogens is 2. The summed E-state index contributed by atoms with van der Waals surface area (Å²) in [7, 11) is -3.56. The number of rotatable bonds is 6. The zero-order chi connectivity index (χ0) is 14.8. The monoisotopic (exact) mass is 314 g/mol. The normalized spacial score (nSPS) is 11.9. The first kappa shape index (κ1) is 15.2. The number of nitrogens with two attached hydrogens (primary N) is 1. The van der Waals surface area contributed by atoms with Crippen LogP contribution in [-0.2, 0) is 23.1 Å². The van der Waals surface area contributed by atoms with E-state index in [1.807, 2.05) is 17.5 Å². The summed E-state index contributed by atoms with van der Waals surface area (Å²) in [6.45, 7) is 4.66. The van der Waals surface area contributed by atoms with Gasteiger partial charge in [-0.3, -0.25) is 4.68 Å². The quantitative estimate of drug-likeness (QED) is 0.832. The van der Waals surface area contributed by atoms with Gasteiger partial charge >= 0.3 is 0 Å². The van der Waals surface area contributed by atoms with Gasteiger partial charge in [-0.2, -0.15) is 5.10 Å². The first-order valence-corrected chi connectivity index (χ1v) is 8.58. The van der Waals surface area contributed by atoms with Gasteiger partial charge in [0.25, 0.3) is 0 Å². The largest absolute Gasteiger partial charge is 0.329 e. The number of hydrogen-bond donors (Lipinski definition) is 2. The van der Waals surface area contributed by atoms with E-state index in [9.17, 15) is 8.42 Å². The van der Waals surface area contributed by atoms with Crippen LogP contribution in [0.15, 0.2) is 22.4 Å². The van der Waals surface area contributed by atoms with E-state index in [1.165, 1.54) is 11.3 Å². The van der Waals surface area contributed by atoms with Crippen molar-refractivity contribution in [1.29, 1.82) is 0 Å². The summed E-state index contributed by atoms with van der Waals surface area (Å²) in [5, 5.41) is 6.15. The van der Waals surface area contributed by atoms with Gasteiger partial charge in [-0.05, 0) is 25.3 Å². The summed E-state index contributed by atoms with van der Waals surface area (Å²) in [5.41, 5.74) is 6.61. The Morgan fingerprint density at radius 3 is 2.80 bits per heavy atom. The molecule has 0 aromatic carbocycles. The first-order chi connectivity index (χ1) is 9.45. The maximum atomic E-state index is 12.4. The summed E-state index contributed by atoms with van der Waals surface area (Å²) in [6, 6.07) is 3.79. The smallest absolute Gasteiger partial charge is 0.244 e. The van der Waals surface area contributed by atoms with Crippen molar-refractivity contribution in [2.24, 2.45) is 5.73 Å². The van der Waals surface area contributed by atoms with Gasteiger partial charge in [0.1, 0.15) is 4.90 Å². The second kappa shape index (κ2) is 6.04. The minimum atomic E-state index is -3.56. The van der Waals surface area contributed by atoms with Gasteiger partial charge in [-0.15, -0.1) is 11.3 Å². The molecule has 20 heavy (non-hydrogen) atoms. The van der Waals surface area contributed by atoms with Gasteiger partial charge < -0.3 is 5.73 Å². The van der Waals surface area contributed by atoms with Crippen molar-refractivity contribution >= 4 is 21.4 Å². The summed E-state index contributed by atoms with van der Waals surface area (Å²) in [5.74, 6) is 0. The highest BCUT2D eigenvalue weighted by Crippen LogP contribution is 2.20. The van der Waals surface area contributed by atoms with E-state index >= 15 is 0 Å². The molecule has 0 aliphatic carbocycles. The maximum Gasteiger partial charge on any atom is 0.244 e. The molecule has 2 rings (SSSR count). The van der Waals surface area contributed by atoms with E-state index in [2.05, 4.69) is 9.82 Å². The summed E-state index contributed by atoms with van der Waals surface area (Å²) in [6.07, 6.45) is 0. The Morgan fingerprint density at radius 2 is 2.20 bits per heavy atom. The van der Waals surface area contributed by atoms with Gasteiger partial charge in [0.05, 0.1) is 17.9 Å².